The van der Waals surface area contributed by atoms with Crippen LogP contribution in [0.2, 0.25) is 0 Å². The third-order valence-corrected chi connectivity index (χ3v) is 6.69. The van der Waals surface area contributed by atoms with E-state index in [2.05, 4.69) is 4.31 Å². The van der Waals surface area contributed by atoms with Crippen LogP contribution in [0.4, 0.5) is 0 Å². The van der Waals surface area contributed by atoms with Gasteiger partial charge in [0.25, 0.3) is 5.56 Å². The van der Waals surface area contributed by atoms with Gasteiger partial charge in [-0.25, -0.2) is 13.9 Å². The van der Waals surface area contributed by atoms with Gasteiger partial charge in [-0.2, -0.15) is 4.31 Å². The number of quaternary nitrogens is 1. The van der Waals surface area contributed by atoms with Crippen molar-refractivity contribution in [3.05, 3.63) is 33.1 Å². The summed E-state index contributed by atoms with van der Waals surface area (Å²) in [5.74, 6) is 0. The van der Waals surface area contributed by atoms with Crippen LogP contribution in [0.25, 0.3) is 0 Å². The van der Waals surface area contributed by atoms with Crippen LogP contribution >= 0.6 is 15.6 Å². The van der Waals surface area contributed by atoms with Crippen molar-refractivity contribution in [2.24, 2.45) is 0 Å². The maximum atomic E-state index is 12.6. The van der Waals surface area contributed by atoms with Gasteiger partial charge in [-0.05, 0) is 0 Å². The first-order valence-electron chi connectivity index (χ1n) is 8.90. The van der Waals surface area contributed by atoms with Crippen molar-refractivity contribution < 1.29 is 51.7 Å². The SMILES string of the molecule is C[N+](C)(C)CCOP(=O)(OC[C@H]1O[C@@H](n2ccc(=O)[nH]c2=O)[C@H](O)[C@@H]1O)OP(=O)(O)O. The number of H-pyrrole nitrogens is 1. The molecule has 1 aromatic rings. The molecule has 1 aliphatic heterocycles. The Balaban J connectivity index is 2.11. The van der Waals surface area contributed by atoms with Crippen molar-refractivity contribution in [2.45, 2.75) is 24.5 Å². The number of aliphatic hydroxyl groups is 2. The van der Waals surface area contributed by atoms with E-state index in [-0.39, 0.29) is 13.2 Å². The molecule has 2 heterocycles. The van der Waals surface area contributed by atoms with Crippen LogP contribution in [0.5, 0.6) is 0 Å². The molecule has 0 saturated carbocycles. The molecule has 15 nitrogen and oxygen atoms in total. The molecule has 1 unspecified atom stereocenters. The van der Waals surface area contributed by atoms with E-state index in [1.54, 1.807) is 21.1 Å². The van der Waals surface area contributed by atoms with Crippen molar-refractivity contribution in [3.63, 3.8) is 0 Å². The minimum atomic E-state index is -5.28. The van der Waals surface area contributed by atoms with Crippen LogP contribution in [0, 0.1) is 0 Å². The zero-order valence-corrected chi connectivity index (χ0v) is 18.7. The standard InChI is InChI=1S/C14H25N3O12P2/c1-17(2,3)6-7-26-31(25,29-30(22,23)24)27-8-9-11(19)12(20)13(28-9)16-5-4-10(18)15-14(16)21/h4-5,9,11-13,19-20H,6-8H2,1-3H3,(H2-,15,18,21,22,23,24)/p+1/t9-,11-,12-,13-,31?/m1/s1. The second-order valence-corrected chi connectivity index (χ2v) is 10.8. The van der Waals surface area contributed by atoms with Crippen LogP contribution in [-0.4, -0.2) is 93.2 Å². The molecule has 1 fully saturated rings. The fraction of sp³-hybridized carbons (Fsp3) is 0.714. The predicted molar refractivity (Wildman–Crippen MR) is 103 cm³/mol. The maximum absolute atomic E-state index is 12.6. The number of hydrogen-bond acceptors (Lipinski definition) is 10. The molecule has 1 aromatic heterocycles. The van der Waals surface area contributed by atoms with E-state index in [0.29, 0.717) is 4.48 Å². The number of nitrogens with zero attached hydrogens (tertiary/aromatic N) is 2. The lowest BCUT2D eigenvalue weighted by Crippen LogP contribution is -2.38. The van der Waals surface area contributed by atoms with Gasteiger partial charge in [-0.15, -0.1) is 0 Å². The Bertz CT molecular complexity index is 966. The summed E-state index contributed by atoms with van der Waals surface area (Å²) in [6.45, 7) is -0.725. The fourth-order valence-electron chi connectivity index (χ4n) is 2.53. The summed E-state index contributed by atoms with van der Waals surface area (Å²) >= 11 is 0. The number of phosphoric acid groups is 2. The van der Waals surface area contributed by atoms with E-state index < -0.39 is 58.0 Å². The maximum Gasteiger partial charge on any atom is 0.484 e. The molecule has 0 aromatic carbocycles. The normalized spacial score (nSPS) is 26.7. The summed E-state index contributed by atoms with van der Waals surface area (Å²) in [5.41, 5.74) is -1.60. The third kappa shape index (κ3) is 7.70. The molecular formula is C14H26N3O12P2+. The minimum absolute atomic E-state index is 0.243. The van der Waals surface area contributed by atoms with Crippen molar-refractivity contribution >= 4 is 15.6 Å². The number of nitrogens with one attached hydrogen (secondary N) is 1. The van der Waals surface area contributed by atoms with Crippen LogP contribution < -0.4 is 11.2 Å². The first-order chi connectivity index (χ1) is 14.1. The Hall–Kier alpha value is -1.22. The summed E-state index contributed by atoms with van der Waals surface area (Å²) in [4.78, 5) is 43.0. The van der Waals surface area contributed by atoms with Gasteiger partial charge in [-0.1, -0.05) is 0 Å². The molecular weight excluding hydrogens is 464 g/mol. The highest BCUT2D eigenvalue weighted by molar-refractivity contribution is 7.61. The van der Waals surface area contributed by atoms with Crippen LogP contribution in [0.15, 0.2) is 21.9 Å². The zero-order chi connectivity index (χ0) is 23.6. The fourth-order valence-corrected chi connectivity index (χ4v) is 4.66. The van der Waals surface area contributed by atoms with Crippen molar-refractivity contribution in [3.8, 4) is 0 Å². The second kappa shape index (κ2) is 9.73. The lowest BCUT2D eigenvalue weighted by Gasteiger charge is -2.25. The Labute approximate surface area is 176 Å². The van der Waals surface area contributed by atoms with Gasteiger partial charge < -0.3 is 29.2 Å². The number of aromatic nitrogens is 2. The number of likely N-dealkylation sites (N-methyl/N-ethyl adjacent to an activating group) is 1. The summed E-state index contributed by atoms with van der Waals surface area (Å²) in [6, 6.07) is 0.997. The Morgan fingerprint density at radius 3 is 2.35 bits per heavy atom. The molecule has 2 rings (SSSR count). The number of aromatic amines is 1. The Morgan fingerprint density at radius 1 is 1.16 bits per heavy atom. The molecule has 0 radical (unpaired) electrons. The average Bonchev–Trinajstić information content (AvgIpc) is 2.86. The highest BCUT2D eigenvalue weighted by Crippen LogP contribution is 2.61. The molecule has 0 spiro atoms. The molecule has 5 N–H and O–H groups in total. The minimum Gasteiger partial charge on any atom is -0.387 e. The van der Waals surface area contributed by atoms with Crippen molar-refractivity contribution in [2.75, 3.05) is 40.9 Å². The van der Waals surface area contributed by atoms with E-state index >= 15 is 0 Å². The summed E-state index contributed by atoms with van der Waals surface area (Å²) in [6.07, 6.45) is -5.04. The van der Waals surface area contributed by atoms with Crippen molar-refractivity contribution in [1.29, 1.82) is 0 Å². The molecule has 17 heteroatoms. The van der Waals surface area contributed by atoms with Gasteiger partial charge in [0.05, 0.1) is 27.7 Å². The van der Waals surface area contributed by atoms with E-state index in [1.165, 1.54) is 0 Å². The zero-order valence-electron chi connectivity index (χ0n) is 16.9. The van der Waals surface area contributed by atoms with Gasteiger partial charge in [0.2, 0.25) is 0 Å². The molecule has 31 heavy (non-hydrogen) atoms. The quantitative estimate of drug-likeness (QED) is 0.180. The molecule has 5 atom stereocenters. The number of ether oxygens (including phenoxy) is 1. The van der Waals surface area contributed by atoms with Crippen LogP contribution in [0.1, 0.15) is 6.23 Å². The average molecular weight is 490 g/mol. The van der Waals surface area contributed by atoms with Crippen LogP contribution in [-0.2, 0) is 27.2 Å². The smallest absolute Gasteiger partial charge is 0.387 e. The second-order valence-electron chi connectivity index (χ2n) is 7.73. The van der Waals surface area contributed by atoms with Gasteiger partial charge in [0, 0.05) is 12.3 Å². The van der Waals surface area contributed by atoms with E-state index in [4.69, 9.17) is 23.6 Å². The third-order valence-electron chi connectivity index (χ3n) is 4.08. The first kappa shape index (κ1) is 26.0. The van der Waals surface area contributed by atoms with E-state index in [1.807, 2.05) is 4.98 Å². The number of phosphoric ester groups is 1. The largest absolute Gasteiger partial charge is 0.484 e. The van der Waals surface area contributed by atoms with Crippen molar-refractivity contribution in [1.82, 2.24) is 9.55 Å². The predicted octanol–water partition coefficient (Wildman–Crippen LogP) is -1.89. The molecule has 0 amide bonds. The van der Waals surface area contributed by atoms with Gasteiger partial charge in [0.1, 0.15) is 31.5 Å². The number of rotatable bonds is 10. The van der Waals surface area contributed by atoms with Gasteiger partial charge >= 0.3 is 21.3 Å². The molecule has 0 aliphatic carbocycles. The van der Waals surface area contributed by atoms with Crippen LogP contribution in [0.3, 0.4) is 0 Å². The summed E-state index contributed by atoms with van der Waals surface area (Å²) < 4.78 is 44.4. The Kier molecular flexibility index (Phi) is 8.17. The summed E-state index contributed by atoms with van der Waals surface area (Å²) in [5, 5.41) is 20.4. The number of hydrogen-bond donors (Lipinski definition) is 5. The molecule has 1 aliphatic rings. The number of aliphatic hydroxyl groups excluding tert-OH is 2. The molecule has 178 valence electrons. The van der Waals surface area contributed by atoms with E-state index in [0.717, 1.165) is 16.8 Å². The highest BCUT2D eigenvalue weighted by atomic mass is 31.3. The molecule has 1 saturated heterocycles. The summed E-state index contributed by atoms with van der Waals surface area (Å²) in [7, 11) is -4.69. The topological polar surface area (TPSA) is 207 Å². The lowest BCUT2D eigenvalue weighted by atomic mass is 10.1. The lowest BCUT2D eigenvalue weighted by molar-refractivity contribution is -0.870. The van der Waals surface area contributed by atoms with Gasteiger partial charge in [-0.3, -0.25) is 23.4 Å². The highest BCUT2D eigenvalue weighted by Gasteiger charge is 2.46. The monoisotopic (exact) mass is 490 g/mol. The van der Waals surface area contributed by atoms with Gasteiger partial charge in [0.15, 0.2) is 6.23 Å². The molecule has 0 bridgehead atoms. The van der Waals surface area contributed by atoms with E-state index in [9.17, 15) is 28.9 Å². The Morgan fingerprint density at radius 2 is 1.81 bits per heavy atom. The first-order valence-corrected chi connectivity index (χ1v) is 11.9.